The topological polar surface area (TPSA) is 64.0 Å². The largest absolute Gasteiger partial charge is 0.351 e. The highest BCUT2D eigenvalue weighted by Crippen LogP contribution is 2.22. The normalized spacial score (nSPS) is 10.9. The Morgan fingerprint density at radius 2 is 1.74 bits per heavy atom. The lowest BCUT2D eigenvalue weighted by molar-refractivity contribution is -0.118. The van der Waals surface area contributed by atoms with Crippen molar-refractivity contribution in [2.24, 2.45) is 0 Å². The van der Waals surface area contributed by atoms with Crippen LogP contribution in [0.1, 0.15) is 5.56 Å². The van der Waals surface area contributed by atoms with E-state index in [1.807, 2.05) is 12.1 Å². The molecular formula is C23H17ClFN3O2S. The van der Waals surface area contributed by atoms with Gasteiger partial charge in [0.05, 0.1) is 22.3 Å². The molecule has 0 aliphatic heterocycles. The number of carbonyl (C=O) groups is 1. The molecule has 0 saturated carbocycles. The quantitative estimate of drug-likeness (QED) is 0.342. The number of nitrogens with one attached hydrogen (secondary N) is 1. The number of thioether (sulfide) groups is 1. The summed E-state index contributed by atoms with van der Waals surface area (Å²) in [4.78, 5) is 30.0. The first-order valence-electron chi connectivity index (χ1n) is 9.43. The number of hydrogen-bond acceptors (Lipinski definition) is 4. The van der Waals surface area contributed by atoms with Crippen molar-refractivity contribution >= 4 is 40.2 Å². The predicted molar refractivity (Wildman–Crippen MR) is 121 cm³/mol. The Morgan fingerprint density at radius 1 is 1.03 bits per heavy atom. The van der Waals surface area contributed by atoms with Crippen molar-refractivity contribution in [2.45, 2.75) is 11.7 Å². The molecule has 1 aromatic heterocycles. The summed E-state index contributed by atoms with van der Waals surface area (Å²) in [5.74, 6) is -0.759. The van der Waals surface area contributed by atoms with Gasteiger partial charge in [0, 0.05) is 11.6 Å². The van der Waals surface area contributed by atoms with Crippen molar-refractivity contribution in [2.75, 3.05) is 5.75 Å². The number of amides is 1. The van der Waals surface area contributed by atoms with E-state index in [0.29, 0.717) is 22.5 Å². The van der Waals surface area contributed by atoms with Crippen LogP contribution in [0, 0.1) is 5.82 Å². The third-order valence-electron chi connectivity index (χ3n) is 4.57. The lowest BCUT2D eigenvalue weighted by atomic mass is 10.2. The number of fused-ring (bicyclic) bond motifs is 1. The van der Waals surface area contributed by atoms with Gasteiger partial charge in [0.25, 0.3) is 5.56 Å². The van der Waals surface area contributed by atoms with Crippen LogP contribution in [0.15, 0.2) is 82.7 Å². The first-order chi connectivity index (χ1) is 15.0. The molecule has 0 fully saturated rings. The molecule has 0 spiro atoms. The maximum atomic E-state index is 14.5. The molecule has 1 heterocycles. The van der Waals surface area contributed by atoms with Gasteiger partial charge in [-0.2, -0.15) is 0 Å². The van der Waals surface area contributed by atoms with Crippen molar-refractivity contribution in [3.63, 3.8) is 0 Å². The number of rotatable bonds is 6. The molecule has 0 atom stereocenters. The molecule has 156 valence electrons. The van der Waals surface area contributed by atoms with Crippen LogP contribution in [0.5, 0.6) is 0 Å². The Bertz CT molecular complexity index is 1310. The molecule has 0 aliphatic carbocycles. The number of nitrogens with zero attached hydrogens (tertiary/aromatic N) is 2. The third kappa shape index (κ3) is 4.78. The van der Waals surface area contributed by atoms with Gasteiger partial charge in [-0.3, -0.25) is 14.2 Å². The zero-order valence-corrected chi connectivity index (χ0v) is 17.8. The zero-order valence-electron chi connectivity index (χ0n) is 16.2. The van der Waals surface area contributed by atoms with Gasteiger partial charge in [0.15, 0.2) is 5.16 Å². The van der Waals surface area contributed by atoms with Crippen LogP contribution < -0.4 is 10.9 Å². The molecule has 1 N–H and O–H groups in total. The van der Waals surface area contributed by atoms with Gasteiger partial charge in [-0.25, -0.2) is 9.37 Å². The average molecular weight is 454 g/mol. The molecule has 0 aliphatic rings. The van der Waals surface area contributed by atoms with Gasteiger partial charge in [-0.05, 0) is 42.0 Å². The Morgan fingerprint density at radius 3 is 2.52 bits per heavy atom. The van der Waals surface area contributed by atoms with E-state index >= 15 is 0 Å². The lowest BCUT2D eigenvalue weighted by Crippen LogP contribution is -2.26. The highest BCUT2D eigenvalue weighted by molar-refractivity contribution is 7.99. The van der Waals surface area contributed by atoms with Crippen molar-refractivity contribution in [1.82, 2.24) is 14.9 Å². The van der Waals surface area contributed by atoms with Crippen molar-refractivity contribution < 1.29 is 9.18 Å². The standard InChI is InChI=1S/C23H17ClFN3O2S/c24-16-11-9-15(10-12-16)13-26-21(29)14-31-23-27-19-7-3-1-5-17(19)22(30)28(23)20-8-4-2-6-18(20)25/h1-12H,13-14H2,(H,26,29). The zero-order chi connectivity index (χ0) is 21.8. The molecule has 0 bridgehead atoms. The molecule has 4 rings (SSSR count). The Labute approximate surface area is 186 Å². The van der Waals surface area contributed by atoms with Crippen LogP contribution in [-0.4, -0.2) is 21.2 Å². The van der Waals surface area contributed by atoms with E-state index in [9.17, 15) is 14.0 Å². The van der Waals surface area contributed by atoms with Gasteiger partial charge in [-0.15, -0.1) is 0 Å². The summed E-state index contributed by atoms with van der Waals surface area (Å²) in [5.41, 5.74) is 1.11. The number of carbonyl (C=O) groups excluding carboxylic acids is 1. The molecule has 5 nitrogen and oxygen atoms in total. The van der Waals surface area contributed by atoms with Gasteiger partial charge < -0.3 is 5.32 Å². The van der Waals surface area contributed by atoms with Crippen molar-refractivity contribution in [3.05, 3.63) is 99.6 Å². The maximum Gasteiger partial charge on any atom is 0.266 e. The number of benzene rings is 3. The smallest absolute Gasteiger partial charge is 0.266 e. The maximum absolute atomic E-state index is 14.5. The minimum Gasteiger partial charge on any atom is -0.351 e. The summed E-state index contributed by atoms with van der Waals surface area (Å²) in [6.07, 6.45) is 0. The number of para-hydroxylation sites is 2. The molecule has 4 aromatic rings. The van der Waals surface area contributed by atoms with E-state index in [1.54, 1.807) is 48.5 Å². The van der Waals surface area contributed by atoms with E-state index in [4.69, 9.17) is 11.6 Å². The summed E-state index contributed by atoms with van der Waals surface area (Å²) in [5, 5.41) is 4.07. The van der Waals surface area contributed by atoms with Gasteiger partial charge in [0.2, 0.25) is 5.91 Å². The highest BCUT2D eigenvalue weighted by atomic mass is 35.5. The van der Waals surface area contributed by atoms with Crippen LogP contribution in [0.4, 0.5) is 4.39 Å². The summed E-state index contributed by atoms with van der Waals surface area (Å²) in [7, 11) is 0. The number of hydrogen-bond donors (Lipinski definition) is 1. The second-order valence-corrected chi connectivity index (χ2v) is 8.07. The summed E-state index contributed by atoms with van der Waals surface area (Å²) in [6.45, 7) is 0.349. The second-order valence-electron chi connectivity index (χ2n) is 6.70. The molecule has 0 radical (unpaired) electrons. The summed E-state index contributed by atoms with van der Waals surface area (Å²) >= 11 is 6.95. The van der Waals surface area contributed by atoms with Gasteiger partial charge in [0.1, 0.15) is 5.82 Å². The van der Waals surface area contributed by atoms with Gasteiger partial charge >= 0.3 is 0 Å². The van der Waals surface area contributed by atoms with Crippen molar-refractivity contribution in [3.8, 4) is 5.69 Å². The summed E-state index contributed by atoms with van der Waals surface area (Å²) in [6, 6.07) is 20.0. The summed E-state index contributed by atoms with van der Waals surface area (Å²) < 4.78 is 15.7. The fourth-order valence-corrected chi connectivity index (χ4v) is 4.00. The van der Waals surface area contributed by atoms with Gasteiger partial charge in [-0.1, -0.05) is 59.8 Å². The average Bonchev–Trinajstić information content (AvgIpc) is 2.78. The van der Waals surface area contributed by atoms with Crippen LogP contribution in [0.3, 0.4) is 0 Å². The molecule has 31 heavy (non-hydrogen) atoms. The third-order valence-corrected chi connectivity index (χ3v) is 5.76. The van der Waals surface area contributed by atoms with E-state index in [2.05, 4.69) is 10.3 Å². The molecule has 0 unspecified atom stereocenters. The fraction of sp³-hybridized carbons (Fsp3) is 0.0870. The van der Waals surface area contributed by atoms with Crippen LogP contribution in [-0.2, 0) is 11.3 Å². The van der Waals surface area contributed by atoms with E-state index in [0.717, 1.165) is 17.3 Å². The van der Waals surface area contributed by atoms with Crippen molar-refractivity contribution in [1.29, 1.82) is 0 Å². The molecule has 1 amide bonds. The minimum atomic E-state index is -0.546. The van der Waals surface area contributed by atoms with Crippen LogP contribution >= 0.6 is 23.4 Å². The molecule has 0 saturated heterocycles. The van der Waals surface area contributed by atoms with E-state index < -0.39 is 5.82 Å². The molecule has 3 aromatic carbocycles. The monoisotopic (exact) mass is 453 g/mol. The lowest BCUT2D eigenvalue weighted by Gasteiger charge is -2.14. The Kier molecular flexibility index (Phi) is 6.34. The van der Waals surface area contributed by atoms with E-state index in [-0.39, 0.29) is 28.1 Å². The second kappa shape index (κ2) is 9.32. The molecule has 8 heteroatoms. The first-order valence-corrected chi connectivity index (χ1v) is 10.8. The predicted octanol–water partition coefficient (Wildman–Crippen LogP) is 4.59. The number of aromatic nitrogens is 2. The SMILES string of the molecule is O=C(CSc1nc2ccccc2c(=O)n1-c1ccccc1F)NCc1ccc(Cl)cc1. The van der Waals surface area contributed by atoms with Crippen LogP contribution in [0.25, 0.3) is 16.6 Å². The number of halogens is 2. The molecular weight excluding hydrogens is 437 g/mol. The van der Waals surface area contributed by atoms with Crippen LogP contribution in [0.2, 0.25) is 5.02 Å². The highest BCUT2D eigenvalue weighted by Gasteiger charge is 2.17. The first kappa shape index (κ1) is 21.1. The minimum absolute atomic E-state index is 0.0207. The Hall–Kier alpha value is -3.16. The van der Waals surface area contributed by atoms with E-state index in [1.165, 1.54) is 16.7 Å². The Balaban J connectivity index is 1.60. The fourth-order valence-electron chi connectivity index (χ4n) is 3.04.